The van der Waals surface area contributed by atoms with Gasteiger partial charge in [0.1, 0.15) is 6.04 Å². The van der Waals surface area contributed by atoms with Crippen LogP contribution < -0.4 is 5.73 Å². The van der Waals surface area contributed by atoms with Crippen LogP contribution in [0.4, 0.5) is 0 Å². The molecule has 7 nitrogen and oxygen atoms in total. The van der Waals surface area contributed by atoms with E-state index in [1.807, 2.05) is 0 Å². The summed E-state index contributed by atoms with van der Waals surface area (Å²) in [5.41, 5.74) is 3.84. The molecule has 1 fully saturated rings. The van der Waals surface area contributed by atoms with Gasteiger partial charge in [-0.3, -0.25) is 14.4 Å². The fourth-order valence-corrected chi connectivity index (χ4v) is 2.51. The highest BCUT2D eigenvalue weighted by molar-refractivity contribution is 5.87. The molecule has 0 bridgehead atoms. The van der Waals surface area contributed by atoms with Gasteiger partial charge in [0.2, 0.25) is 6.79 Å². The lowest BCUT2D eigenvalue weighted by molar-refractivity contribution is -0.178. The Balaban J connectivity index is 2.60. The molecule has 0 aromatic heterocycles. The second-order valence-corrected chi connectivity index (χ2v) is 6.76. The van der Waals surface area contributed by atoms with Crippen LogP contribution in [0.25, 0.3) is 0 Å². The fourth-order valence-electron chi connectivity index (χ4n) is 2.51. The lowest BCUT2D eigenvalue weighted by Gasteiger charge is -2.36. The van der Waals surface area contributed by atoms with E-state index in [1.54, 1.807) is 20.8 Å². The predicted molar refractivity (Wildman–Crippen MR) is 77.6 cm³/mol. The summed E-state index contributed by atoms with van der Waals surface area (Å²) >= 11 is 0. The Hall–Kier alpha value is -1.63. The van der Waals surface area contributed by atoms with E-state index in [4.69, 9.17) is 15.2 Å². The molecule has 0 aromatic carbocycles. The summed E-state index contributed by atoms with van der Waals surface area (Å²) in [5.74, 6) is -2.45. The van der Waals surface area contributed by atoms with Crippen molar-refractivity contribution in [1.82, 2.24) is 0 Å². The lowest BCUT2D eigenvalue weighted by Crippen LogP contribution is -2.53. The van der Waals surface area contributed by atoms with Crippen molar-refractivity contribution in [2.24, 2.45) is 16.6 Å². The summed E-state index contributed by atoms with van der Waals surface area (Å²) in [4.78, 5) is 35.1. The summed E-state index contributed by atoms with van der Waals surface area (Å²) in [6.07, 6.45) is 3.05. The molecule has 1 aliphatic rings. The van der Waals surface area contributed by atoms with Crippen LogP contribution in [0.2, 0.25) is 0 Å². The van der Waals surface area contributed by atoms with Crippen LogP contribution in [-0.4, -0.2) is 35.8 Å². The number of rotatable bonds is 5. The smallest absolute Gasteiger partial charge is 0.326 e. The molecule has 1 unspecified atom stereocenters. The summed E-state index contributed by atoms with van der Waals surface area (Å²) in [6, 6.07) is -1.27. The van der Waals surface area contributed by atoms with Crippen LogP contribution in [0.1, 0.15) is 52.9 Å². The van der Waals surface area contributed by atoms with Crippen molar-refractivity contribution < 1.29 is 29.0 Å². The molecule has 1 saturated carbocycles. The Bertz CT molecular complexity index is 434. The SMILES string of the molecule is CC(C)(C)C(=O)OCOC(=O)C(N)C1(C(=O)O)CCCCC1. The lowest BCUT2D eigenvalue weighted by atomic mass is 9.69. The third-order valence-electron chi connectivity index (χ3n) is 4.02. The molecule has 7 heteroatoms. The van der Waals surface area contributed by atoms with Crippen molar-refractivity contribution in [2.75, 3.05) is 6.79 Å². The zero-order valence-corrected chi connectivity index (χ0v) is 13.4. The van der Waals surface area contributed by atoms with Gasteiger partial charge in [0, 0.05) is 0 Å². The molecule has 0 spiro atoms. The van der Waals surface area contributed by atoms with Crippen LogP contribution in [0, 0.1) is 10.8 Å². The number of carboxylic acids is 1. The number of carbonyl (C=O) groups excluding carboxylic acids is 2. The molecule has 0 radical (unpaired) electrons. The maximum absolute atomic E-state index is 12.0. The van der Waals surface area contributed by atoms with E-state index in [2.05, 4.69) is 0 Å². The minimum Gasteiger partial charge on any atom is -0.481 e. The molecule has 126 valence electrons. The van der Waals surface area contributed by atoms with Gasteiger partial charge in [-0.15, -0.1) is 0 Å². The van der Waals surface area contributed by atoms with Crippen molar-refractivity contribution in [3.05, 3.63) is 0 Å². The minimum absolute atomic E-state index is 0.348. The molecule has 0 aliphatic heterocycles. The monoisotopic (exact) mass is 315 g/mol. The number of carboxylic acid groups (broad SMARTS) is 1. The second-order valence-electron chi connectivity index (χ2n) is 6.76. The van der Waals surface area contributed by atoms with Gasteiger partial charge in [-0.05, 0) is 33.6 Å². The predicted octanol–water partition coefficient (Wildman–Crippen LogP) is 1.44. The summed E-state index contributed by atoms with van der Waals surface area (Å²) in [7, 11) is 0. The molecule has 0 amide bonds. The second kappa shape index (κ2) is 7.09. The van der Waals surface area contributed by atoms with E-state index in [0.29, 0.717) is 25.7 Å². The molecule has 1 aliphatic carbocycles. The van der Waals surface area contributed by atoms with Gasteiger partial charge < -0.3 is 20.3 Å². The molecule has 22 heavy (non-hydrogen) atoms. The van der Waals surface area contributed by atoms with Crippen LogP contribution >= 0.6 is 0 Å². The maximum atomic E-state index is 12.0. The average Bonchev–Trinajstić information content (AvgIpc) is 2.45. The zero-order chi connectivity index (χ0) is 17.0. The van der Waals surface area contributed by atoms with E-state index in [1.165, 1.54) is 0 Å². The summed E-state index contributed by atoms with van der Waals surface area (Å²) in [6.45, 7) is 4.46. The molecule has 1 rings (SSSR count). The van der Waals surface area contributed by atoms with E-state index in [-0.39, 0.29) is 0 Å². The van der Waals surface area contributed by atoms with Gasteiger partial charge in [-0.25, -0.2) is 0 Å². The molecular formula is C15H25NO6. The summed E-state index contributed by atoms with van der Waals surface area (Å²) in [5, 5.41) is 9.46. The highest BCUT2D eigenvalue weighted by atomic mass is 16.7. The standard InChI is InChI=1S/C15H25NO6/c1-14(2,3)13(20)22-9-21-11(17)10(16)15(12(18)19)7-5-4-6-8-15/h10H,4-9,16H2,1-3H3,(H,18,19). The number of hydrogen-bond donors (Lipinski definition) is 2. The van der Waals surface area contributed by atoms with E-state index in [9.17, 15) is 19.5 Å². The minimum atomic E-state index is -1.29. The first-order valence-electron chi connectivity index (χ1n) is 7.44. The highest BCUT2D eigenvalue weighted by Crippen LogP contribution is 2.39. The molecular weight excluding hydrogens is 290 g/mol. The van der Waals surface area contributed by atoms with Crippen LogP contribution in [0.15, 0.2) is 0 Å². The van der Waals surface area contributed by atoms with Crippen molar-refractivity contribution in [3.8, 4) is 0 Å². The van der Waals surface area contributed by atoms with Gasteiger partial charge >= 0.3 is 17.9 Å². The van der Waals surface area contributed by atoms with E-state index >= 15 is 0 Å². The van der Waals surface area contributed by atoms with Gasteiger partial charge in [0.25, 0.3) is 0 Å². The van der Waals surface area contributed by atoms with Gasteiger partial charge in [-0.1, -0.05) is 19.3 Å². The first-order valence-corrected chi connectivity index (χ1v) is 7.44. The number of aliphatic carboxylic acids is 1. The first kappa shape index (κ1) is 18.4. The average molecular weight is 315 g/mol. The molecule has 0 aromatic rings. The van der Waals surface area contributed by atoms with E-state index in [0.717, 1.165) is 6.42 Å². The van der Waals surface area contributed by atoms with Crippen LogP contribution in [-0.2, 0) is 23.9 Å². The Kier molecular flexibility index (Phi) is 5.93. The molecule has 0 heterocycles. The van der Waals surface area contributed by atoms with Crippen molar-refractivity contribution >= 4 is 17.9 Å². The van der Waals surface area contributed by atoms with Crippen molar-refractivity contribution in [3.63, 3.8) is 0 Å². The zero-order valence-electron chi connectivity index (χ0n) is 13.4. The van der Waals surface area contributed by atoms with Gasteiger partial charge in [-0.2, -0.15) is 0 Å². The Labute approximate surface area is 130 Å². The summed E-state index contributed by atoms with van der Waals surface area (Å²) < 4.78 is 9.65. The first-order chi connectivity index (χ1) is 10.1. The van der Waals surface area contributed by atoms with E-state index < -0.39 is 41.6 Å². The number of nitrogens with two attached hydrogens (primary N) is 1. The third kappa shape index (κ3) is 4.19. The number of ether oxygens (including phenoxy) is 2. The van der Waals surface area contributed by atoms with Gasteiger partial charge in [0.05, 0.1) is 10.8 Å². The molecule has 3 N–H and O–H groups in total. The molecule has 0 saturated heterocycles. The Morgan fingerprint density at radius 3 is 2.14 bits per heavy atom. The third-order valence-corrected chi connectivity index (χ3v) is 4.02. The quantitative estimate of drug-likeness (QED) is 0.582. The normalized spacial score (nSPS) is 19.1. The maximum Gasteiger partial charge on any atom is 0.326 e. The number of esters is 2. The van der Waals surface area contributed by atoms with Gasteiger partial charge in [0.15, 0.2) is 0 Å². The topological polar surface area (TPSA) is 116 Å². The number of carbonyl (C=O) groups is 3. The Morgan fingerprint density at radius 2 is 1.68 bits per heavy atom. The van der Waals surface area contributed by atoms with Crippen LogP contribution in [0.3, 0.4) is 0 Å². The van der Waals surface area contributed by atoms with Crippen molar-refractivity contribution in [2.45, 2.75) is 58.9 Å². The van der Waals surface area contributed by atoms with Crippen LogP contribution in [0.5, 0.6) is 0 Å². The highest BCUT2D eigenvalue weighted by Gasteiger charge is 2.48. The Morgan fingerprint density at radius 1 is 1.14 bits per heavy atom. The fraction of sp³-hybridized carbons (Fsp3) is 0.800. The molecule has 1 atom stereocenters. The van der Waals surface area contributed by atoms with Crippen molar-refractivity contribution in [1.29, 1.82) is 0 Å². The number of hydrogen-bond acceptors (Lipinski definition) is 6. The largest absolute Gasteiger partial charge is 0.481 e.